The van der Waals surface area contributed by atoms with E-state index >= 15 is 0 Å². The maximum atomic E-state index is 9.84. The van der Waals surface area contributed by atoms with Crippen LogP contribution in [0, 0.1) is 18.3 Å². The number of benzene rings is 1. The second kappa shape index (κ2) is 8.63. The standard InChI is InChI=1S/C21H19N7S/c1-15-13-24-21(23-9-11-28-10-5-8-25-28)27-19(15)17(12-22)20-26-18(14-29-20)16-6-3-2-4-7-16/h2-8,10,13-14,26H,9,11H2,1H3,(H,23,24,27)/b20-17-. The summed E-state index contributed by atoms with van der Waals surface area (Å²) in [6.45, 7) is 3.24. The van der Waals surface area contributed by atoms with Crippen LogP contribution in [-0.4, -0.2) is 26.3 Å². The van der Waals surface area contributed by atoms with Crippen molar-refractivity contribution in [3.8, 4) is 6.07 Å². The van der Waals surface area contributed by atoms with Crippen LogP contribution in [0.15, 0.2) is 65.4 Å². The van der Waals surface area contributed by atoms with Crippen LogP contribution in [0.4, 0.5) is 5.95 Å². The molecule has 4 rings (SSSR count). The van der Waals surface area contributed by atoms with E-state index < -0.39 is 0 Å². The highest BCUT2D eigenvalue weighted by molar-refractivity contribution is 8.06. The lowest BCUT2D eigenvalue weighted by Gasteiger charge is -2.11. The van der Waals surface area contributed by atoms with Gasteiger partial charge in [0.1, 0.15) is 11.6 Å². The zero-order valence-corrected chi connectivity index (χ0v) is 16.6. The minimum Gasteiger partial charge on any atom is -0.352 e. The second-order valence-corrected chi connectivity index (χ2v) is 7.26. The Morgan fingerprint density at radius 3 is 2.90 bits per heavy atom. The molecule has 0 aliphatic carbocycles. The zero-order chi connectivity index (χ0) is 20.1. The van der Waals surface area contributed by atoms with Crippen molar-refractivity contribution in [3.63, 3.8) is 0 Å². The summed E-state index contributed by atoms with van der Waals surface area (Å²) in [4.78, 5) is 8.94. The molecule has 2 N–H and O–H groups in total. The van der Waals surface area contributed by atoms with Gasteiger partial charge in [-0.15, -0.1) is 0 Å². The summed E-state index contributed by atoms with van der Waals surface area (Å²) < 4.78 is 1.83. The summed E-state index contributed by atoms with van der Waals surface area (Å²) >= 11 is 1.50. The predicted molar refractivity (Wildman–Crippen MR) is 115 cm³/mol. The summed E-state index contributed by atoms with van der Waals surface area (Å²) in [5.41, 5.74) is 4.03. The molecule has 0 radical (unpaired) electrons. The van der Waals surface area contributed by atoms with E-state index in [0.29, 0.717) is 30.3 Å². The SMILES string of the molecule is Cc1cnc(NCCn2cccn2)nc1/C(C#N)=C1/NC(c2ccccc2)=CS1. The van der Waals surface area contributed by atoms with Gasteiger partial charge in [0.15, 0.2) is 0 Å². The molecular formula is C21H19N7S. The van der Waals surface area contributed by atoms with E-state index in [1.807, 2.05) is 59.6 Å². The van der Waals surface area contributed by atoms with Crippen molar-refractivity contribution in [2.75, 3.05) is 11.9 Å². The van der Waals surface area contributed by atoms with Gasteiger partial charge in [0.25, 0.3) is 0 Å². The van der Waals surface area contributed by atoms with Crippen molar-refractivity contribution in [2.24, 2.45) is 0 Å². The maximum Gasteiger partial charge on any atom is 0.223 e. The topological polar surface area (TPSA) is 91.5 Å². The molecular weight excluding hydrogens is 382 g/mol. The van der Waals surface area contributed by atoms with E-state index in [-0.39, 0.29) is 0 Å². The molecule has 3 aromatic rings. The van der Waals surface area contributed by atoms with Gasteiger partial charge in [0.2, 0.25) is 5.95 Å². The molecule has 1 aliphatic heterocycles. The molecule has 0 saturated carbocycles. The monoisotopic (exact) mass is 401 g/mol. The second-order valence-electron chi connectivity index (χ2n) is 6.38. The van der Waals surface area contributed by atoms with Crippen molar-refractivity contribution in [1.82, 2.24) is 25.1 Å². The van der Waals surface area contributed by atoms with Crippen LogP contribution in [0.25, 0.3) is 11.3 Å². The van der Waals surface area contributed by atoms with Gasteiger partial charge in [-0.25, -0.2) is 9.97 Å². The predicted octanol–water partition coefficient (Wildman–Crippen LogP) is 3.62. The number of nitriles is 1. The Bertz CT molecular complexity index is 1100. The molecule has 3 heterocycles. The molecule has 0 spiro atoms. The highest BCUT2D eigenvalue weighted by Gasteiger charge is 2.20. The number of hydrogen-bond acceptors (Lipinski definition) is 7. The van der Waals surface area contributed by atoms with E-state index in [1.165, 1.54) is 11.8 Å². The van der Waals surface area contributed by atoms with E-state index in [0.717, 1.165) is 21.9 Å². The zero-order valence-electron chi connectivity index (χ0n) is 15.8. The average Bonchev–Trinajstić information content (AvgIpc) is 3.44. The fourth-order valence-corrected chi connectivity index (χ4v) is 3.74. The van der Waals surface area contributed by atoms with Crippen LogP contribution in [0.2, 0.25) is 0 Å². The Hall–Kier alpha value is -3.57. The number of nitrogens with zero attached hydrogens (tertiary/aromatic N) is 5. The van der Waals surface area contributed by atoms with Crippen LogP contribution in [-0.2, 0) is 6.54 Å². The van der Waals surface area contributed by atoms with Crippen molar-refractivity contribution in [3.05, 3.63) is 82.2 Å². The third kappa shape index (κ3) is 4.31. The molecule has 7 nitrogen and oxygen atoms in total. The van der Waals surface area contributed by atoms with E-state index in [2.05, 4.69) is 31.8 Å². The molecule has 2 aromatic heterocycles. The van der Waals surface area contributed by atoms with E-state index in [4.69, 9.17) is 0 Å². The van der Waals surface area contributed by atoms with Gasteiger partial charge < -0.3 is 10.6 Å². The smallest absolute Gasteiger partial charge is 0.223 e. The first kappa shape index (κ1) is 18.8. The maximum absolute atomic E-state index is 9.84. The van der Waals surface area contributed by atoms with E-state index in [1.54, 1.807) is 12.4 Å². The van der Waals surface area contributed by atoms with Crippen molar-refractivity contribution >= 4 is 29.0 Å². The molecule has 29 heavy (non-hydrogen) atoms. The number of nitrogens with one attached hydrogen (secondary N) is 2. The lowest BCUT2D eigenvalue weighted by Crippen LogP contribution is -2.14. The van der Waals surface area contributed by atoms with Gasteiger partial charge in [-0.2, -0.15) is 10.4 Å². The summed E-state index contributed by atoms with van der Waals surface area (Å²) in [7, 11) is 0. The largest absolute Gasteiger partial charge is 0.352 e. The molecule has 0 bridgehead atoms. The molecule has 0 atom stereocenters. The van der Waals surface area contributed by atoms with Gasteiger partial charge in [-0.05, 0) is 24.1 Å². The van der Waals surface area contributed by atoms with Gasteiger partial charge in [0, 0.05) is 30.5 Å². The highest BCUT2D eigenvalue weighted by atomic mass is 32.2. The Morgan fingerprint density at radius 2 is 2.14 bits per heavy atom. The molecule has 8 heteroatoms. The Kier molecular flexibility index (Phi) is 5.59. The van der Waals surface area contributed by atoms with Crippen LogP contribution in [0.5, 0.6) is 0 Å². The molecule has 0 fully saturated rings. The number of aryl methyl sites for hydroxylation is 1. The highest BCUT2D eigenvalue weighted by Crippen LogP contribution is 2.35. The Labute approximate surface area is 173 Å². The third-order valence-electron chi connectivity index (χ3n) is 4.36. The number of allylic oxidation sites excluding steroid dienone is 1. The minimum atomic E-state index is 0.491. The normalized spacial score (nSPS) is 14.7. The van der Waals surface area contributed by atoms with Crippen LogP contribution in [0.1, 0.15) is 16.8 Å². The molecule has 144 valence electrons. The number of thioether (sulfide) groups is 1. The molecule has 0 amide bonds. The van der Waals surface area contributed by atoms with Crippen LogP contribution in [0.3, 0.4) is 0 Å². The number of anilines is 1. The number of rotatable bonds is 6. The molecule has 0 unspecified atom stereocenters. The van der Waals surface area contributed by atoms with Crippen molar-refractivity contribution < 1.29 is 0 Å². The molecule has 1 aromatic carbocycles. The van der Waals surface area contributed by atoms with E-state index in [9.17, 15) is 5.26 Å². The Morgan fingerprint density at radius 1 is 1.28 bits per heavy atom. The average molecular weight is 401 g/mol. The number of aromatic nitrogens is 4. The summed E-state index contributed by atoms with van der Waals surface area (Å²) in [6, 6.07) is 14.2. The van der Waals surface area contributed by atoms with Crippen LogP contribution >= 0.6 is 11.8 Å². The lowest BCUT2D eigenvalue weighted by molar-refractivity contribution is 0.636. The fraction of sp³-hybridized carbons (Fsp3) is 0.143. The van der Waals surface area contributed by atoms with Crippen molar-refractivity contribution in [2.45, 2.75) is 13.5 Å². The third-order valence-corrected chi connectivity index (χ3v) is 5.25. The molecule has 0 saturated heterocycles. The quantitative estimate of drug-likeness (QED) is 0.610. The van der Waals surface area contributed by atoms with Crippen molar-refractivity contribution in [1.29, 1.82) is 5.26 Å². The first-order valence-electron chi connectivity index (χ1n) is 9.13. The summed E-state index contributed by atoms with van der Waals surface area (Å²) in [6.07, 6.45) is 5.39. The first-order valence-corrected chi connectivity index (χ1v) is 10.0. The van der Waals surface area contributed by atoms with Gasteiger partial charge in [-0.3, -0.25) is 4.68 Å². The summed E-state index contributed by atoms with van der Waals surface area (Å²) in [5, 5.41) is 23.4. The number of hydrogen-bond donors (Lipinski definition) is 2. The fourth-order valence-electron chi connectivity index (χ4n) is 2.88. The van der Waals surface area contributed by atoms with Crippen LogP contribution < -0.4 is 10.6 Å². The van der Waals surface area contributed by atoms with Gasteiger partial charge >= 0.3 is 0 Å². The summed E-state index contributed by atoms with van der Waals surface area (Å²) in [5.74, 6) is 0.491. The first-order chi connectivity index (χ1) is 14.2. The van der Waals surface area contributed by atoms with Gasteiger partial charge in [-0.1, -0.05) is 42.1 Å². The molecule has 1 aliphatic rings. The van der Waals surface area contributed by atoms with Gasteiger partial charge in [0.05, 0.1) is 23.0 Å². The Balaban J connectivity index is 1.53. The lowest BCUT2D eigenvalue weighted by atomic mass is 10.1. The minimum absolute atomic E-state index is 0.491.